The Bertz CT molecular complexity index is 167. The number of nitrogens with zero attached hydrogens (tertiary/aromatic N) is 1. The third-order valence-corrected chi connectivity index (χ3v) is 1.50. The number of hydrogen-bond donors (Lipinski definition) is 2. The maximum atomic E-state index is 5.67. The number of rotatable bonds is 5. The molecular formula is C9H19N3. The third-order valence-electron chi connectivity index (χ3n) is 1.50. The van der Waals surface area contributed by atoms with Gasteiger partial charge in [0.15, 0.2) is 0 Å². The quantitative estimate of drug-likeness (QED) is 0.601. The standard InChI is InChI=1S/C9H19N3/c1-4-11-6-9(8(3)10)7-12-5-2/h6,12H,4-5,7,10H2,1-3H3. The summed E-state index contributed by atoms with van der Waals surface area (Å²) in [4.78, 5) is 4.14. The average molecular weight is 169 g/mol. The fourth-order valence-electron chi connectivity index (χ4n) is 0.748. The molecular weight excluding hydrogens is 150 g/mol. The average Bonchev–Trinajstić information content (AvgIpc) is 2.04. The third kappa shape index (κ3) is 4.91. The first-order valence-corrected chi connectivity index (χ1v) is 4.38. The fourth-order valence-corrected chi connectivity index (χ4v) is 0.748. The van der Waals surface area contributed by atoms with Crippen molar-refractivity contribution in [2.24, 2.45) is 10.7 Å². The molecule has 70 valence electrons. The van der Waals surface area contributed by atoms with E-state index in [2.05, 4.69) is 17.2 Å². The van der Waals surface area contributed by atoms with Crippen LogP contribution in [0.4, 0.5) is 0 Å². The van der Waals surface area contributed by atoms with Crippen LogP contribution in [-0.4, -0.2) is 25.8 Å². The van der Waals surface area contributed by atoms with Crippen LogP contribution in [0.25, 0.3) is 0 Å². The minimum Gasteiger partial charge on any atom is -0.402 e. The van der Waals surface area contributed by atoms with Crippen LogP contribution in [0.2, 0.25) is 0 Å². The van der Waals surface area contributed by atoms with E-state index in [0.717, 1.165) is 30.9 Å². The number of allylic oxidation sites excluding steroid dienone is 1. The molecule has 0 atom stereocenters. The molecule has 0 spiro atoms. The van der Waals surface area contributed by atoms with Crippen LogP contribution in [-0.2, 0) is 0 Å². The summed E-state index contributed by atoms with van der Waals surface area (Å²) >= 11 is 0. The van der Waals surface area contributed by atoms with Crippen LogP contribution in [0, 0.1) is 0 Å². The molecule has 0 heterocycles. The van der Waals surface area contributed by atoms with Crippen molar-refractivity contribution in [3.63, 3.8) is 0 Å². The van der Waals surface area contributed by atoms with E-state index in [-0.39, 0.29) is 0 Å². The SMILES string of the molecule is CCN=CC(CNCC)=C(C)N. The molecule has 0 aliphatic rings. The summed E-state index contributed by atoms with van der Waals surface area (Å²) in [7, 11) is 0. The lowest BCUT2D eigenvalue weighted by molar-refractivity contribution is 0.785. The summed E-state index contributed by atoms with van der Waals surface area (Å²) in [5.74, 6) is 0. The van der Waals surface area contributed by atoms with Crippen molar-refractivity contribution in [1.29, 1.82) is 0 Å². The van der Waals surface area contributed by atoms with Crippen molar-refractivity contribution >= 4 is 6.21 Å². The molecule has 0 radical (unpaired) electrons. The summed E-state index contributed by atoms with van der Waals surface area (Å²) in [6.45, 7) is 8.55. The van der Waals surface area contributed by atoms with Crippen molar-refractivity contribution in [3.05, 3.63) is 11.3 Å². The summed E-state index contributed by atoms with van der Waals surface area (Å²) in [5.41, 5.74) is 7.59. The number of likely N-dealkylation sites (N-methyl/N-ethyl adjacent to an activating group) is 1. The van der Waals surface area contributed by atoms with E-state index >= 15 is 0 Å². The van der Waals surface area contributed by atoms with Crippen molar-refractivity contribution < 1.29 is 0 Å². The second-order valence-corrected chi connectivity index (χ2v) is 2.62. The normalized spacial score (nSPS) is 13.6. The van der Waals surface area contributed by atoms with Gasteiger partial charge in [-0.15, -0.1) is 0 Å². The lowest BCUT2D eigenvalue weighted by atomic mass is 10.2. The molecule has 0 saturated heterocycles. The summed E-state index contributed by atoms with van der Waals surface area (Å²) in [5, 5.41) is 3.21. The summed E-state index contributed by atoms with van der Waals surface area (Å²) in [6.07, 6.45) is 1.85. The van der Waals surface area contributed by atoms with Gasteiger partial charge in [-0.2, -0.15) is 0 Å². The summed E-state index contributed by atoms with van der Waals surface area (Å²) in [6, 6.07) is 0. The Balaban J connectivity index is 4.07. The van der Waals surface area contributed by atoms with E-state index in [1.54, 1.807) is 0 Å². The highest BCUT2D eigenvalue weighted by Gasteiger charge is 1.94. The van der Waals surface area contributed by atoms with Crippen LogP contribution < -0.4 is 11.1 Å². The van der Waals surface area contributed by atoms with Crippen LogP contribution >= 0.6 is 0 Å². The molecule has 12 heavy (non-hydrogen) atoms. The second-order valence-electron chi connectivity index (χ2n) is 2.62. The molecule has 3 N–H and O–H groups in total. The molecule has 0 unspecified atom stereocenters. The van der Waals surface area contributed by atoms with E-state index in [1.807, 2.05) is 20.1 Å². The maximum absolute atomic E-state index is 5.67. The van der Waals surface area contributed by atoms with Gasteiger partial charge in [-0.3, -0.25) is 4.99 Å². The molecule has 0 saturated carbocycles. The number of nitrogens with one attached hydrogen (secondary N) is 1. The largest absolute Gasteiger partial charge is 0.402 e. The maximum Gasteiger partial charge on any atom is 0.0361 e. The Morgan fingerprint density at radius 2 is 2.17 bits per heavy atom. The van der Waals surface area contributed by atoms with Gasteiger partial charge in [0, 0.05) is 30.6 Å². The van der Waals surface area contributed by atoms with Gasteiger partial charge in [0.25, 0.3) is 0 Å². The van der Waals surface area contributed by atoms with Crippen molar-refractivity contribution in [2.45, 2.75) is 20.8 Å². The molecule has 3 heteroatoms. The molecule has 3 nitrogen and oxygen atoms in total. The first-order valence-electron chi connectivity index (χ1n) is 4.38. The van der Waals surface area contributed by atoms with Gasteiger partial charge in [-0.1, -0.05) is 6.92 Å². The second kappa shape index (κ2) is 6.85. The monoisotopic (exact) mass is 169 g/mol. The zero-order valence-corrected chi connectivity index (χ0v) is 8.22. The highest BCUT2D eigenvalue weighted by atomic mass is 14.8. The Hall–Kier alpha value is -0.830. The van der Waals surface area contributed by atoms with Gasteiger partial charge in [0.1, 0.15) is 0 Å². The zero-order valence-electron chi connectivity index (χ0n) is 8.22. The van der Waals surface area contributed by atoms with E-state index in [9.17, 15) is 0 Å². The van der Waals surface area contributed by atoms with E-state index in [0.29, 0.717) is 0 Å². The molecule has 0 aliphatic carbocycles. The highest BCUT2D eigenvalue weighted by Crippen LogP contribution is 1.93. The van der Waals surface area contributed by atoms with Gasteiger partial charge in [0.2, 0.25) is 0 Å². The smallest absolute Gasteiger partial charge is 0.0361 e. The van der Waals surface area contributed by atoms with Crippen molar-refractivity contribution in [2.75, 3.05) is 19.6 Å². The first-order chi connectivity index (χ1) is 5.72. The van der Waals surface area contributed by atoms with Crippen LogP contribution in [0.5, 0.6) is 0 Å². The van der Waals surface area contributed by atoms with E-state index in [4.69, 9.17) is 5.73 Å². The van der Waals surface area contributed by atoms with Gasteiger partial charge in [-0.05, 0) is 20.4 Å². The molecule has 0 aromatic rings. The van der Waals surface area contributed by atoms with Crippen LogP contribution in [0.1, 0.15) is 20.8 Å². The van der Waals surface area contributed by atoms with Gasteiger partial charge < -0.3 is 11.1 Å². The lowest BCUT2D eigenvalue weighted by Gasteiger charge is -2.04. The van der Waals surface area contributed by atoms with Gasteiger partial charge >= 0.3 is 0 Å². The van der Waals surface area contributed by atoms with Crippen LogP contribution in [0.15, 0.2) is 16.3 Å². The minimum atomic E-state index is 0.808. The first kappa shape index (κ1) is 11.2. The zero-order chi connectivity index (χ0) is 9.40. The van der Waals surface area contributed by atoms with Crippen molar-refractivity contribution in [1.82, 2.24) is 5.32 Å². The number of nitrogens with two attached hydrogens (primary N) is 1. The Morgan fingerprint density at radius 1 is 1.50 bits per heavy atom. The Kier molecular flexibility index (Phi) is 6.38. The molecule has 0 aromatic heterocycles. The Morgan fingerprint density at radius 3 is 2.58 bits per heavy atom. The van der Waals surface area contributed by atoms with Crippen molar-refractivity contribution in [3.8, 4) is 0 Å². The minimum absolute atomic E-state index is 0.808. The molecule has 0 bridgehead atoms. The number of hydrogen-bond acceptors (Lipinski definition) is 3. The predicted octanol–water partition coefficient (Wildman–Crippen LogP) is 0.919. The fraction of sp³-hybridized carbons (Fsp3) is 0.667. The van der Waals surface area contributed by atoms with Crippen LogP contribution in [0.3, 0.4) is 0 Å². The molecule has 0 aliphatic heterocycles. The van der Waals surface area contributed by atoms with E-state index in [1.165, 1.54) is 0 Å². The Labute approximate surface area is 74.8 Å². The molecule has 0 aromatic carbocycles. The topological polar surface area (TPSA) is 50.4 Å². The van der Waals surface area contributed by atoms with Gasteiger partial charge in [-0.25, -0.2) is 0 Å². The molecule has 0 amide bonds. The highest BCUT2D eigenvalue weighted by molar-refractivity contribution is 5.79. The molecule has 0 fully saturated rings. The number of aliphatic imine (C=N–C) groups is 1. The summed E-state index contributed by atoms with van der Waals surface area (Å²) < 4.78 is 0. The van der Waals surface area contributed by atoms with E-state index < -0.39 is 0 Å². The molecule has 0 rings (SSSR count). The predicted molar refractivity (Wildman–Crippen MR) is 54.5 cm³/mol. The van der Waals surface area contributed by atoms with Gasteiger partial charge in [0.05, 0.1) is 0 Å². The lowest BCUT2D eigenvalue weighted by Crippen LogP contribution is -2.19.